The molecule has 0 aliphatic carbocycles. The maximum absolute atomic E-state index is 13.0. The largest absolute Gasteiger partial charge is 0.367 e. The highest BCUT2D eigenvalue weighted by Gasteiger charge is 2.17. The Morgan fingerprint density at radius 2 is 1.94 bits per heavy atom. The van der Waals surface area contributed by atoms with Gasteiger partial charge in [0.25, 0.3) is 5.91 Å². The number of thioether (sulfide) groups is 1. The second kappa shape index (κ2) is 9.80. The fourth-order valence-corrected chi connectivity index (χ4v) is 4.07. The molecule has 0 bridgehead atoms. The van der Waals surface area contributed by atoms with Crippen LogP contribution in [0.3, 0.4) is 0 Å². The minimum atomic E-state index is -0.423. The topological polar surface area (TPSA) is 120 Å². The first-order valence-electron chi connectivity index (χ1n) is 11.2. The normalized spacial score (nSPS) is 11.5. The summed E-state index contributed by atoms with van der Waals surface area (Å²) in [4.78, 5) is 39.5. The number of hydrogen-bond acceptors (Lipinski definition) is 8. The average molecular weight is 481 g/mol. The molecule has 0 unspecified atom stereocenters. The van der Waals surface area contributed by atoms with Crippen LogP contribution >= 0.6 is 11.8 Å². The molecule has 0 spiro atoms. The molecule has 0 atom stereocenters. The summed E-state index contributed by atoms with van der Waals surface area (Å²) in [6, 6.07) is 3.72. The van der Waals surface area contributed by atoms with Crippen LogP contribution in [0, 0.1) is 6.92 Å². The maximum atomic E-state index is 13.0. The van der Waals surface area contributed by atoms with Gasteiger partial charge in [-0.3, -0.25) is 9.59 Å². The molecule has 11 heteroatoms. The average Bonchev–Trinajstić information content (AvgIpc) is 3.22. The fourth-order valence-electron chi connectivity index (χ4n) is 3.71. The summed E-state index contributed by atoms with van der Waals surface area (Å²) >= 11 is 1.45. The third-order valence-electron chi connectivity index (χ3n) is 5.34. The highest BCUT2D eigenvalue weighted by atomic mass is 32.2. The monoisotopic (exact) mass is 480 g/mol. The van der Waals surface area contributed by atoms with E-state index in [1.807, 2.05) is 38.5 Å². The fraction of sp³-hybridized carbons (Fsp3) is 0.391. The van der Waals surface area contributed by atoms with Gasteiger partial charge in [-0.25, -0.2) is 19.6 Å². The third kappa shape index (κ3) is 4.60. The Morgan fingerprint density at radius 3 is 2.65 bits per heavy atom. The Morgan fingerprint density at radius 1 is 1.15 bits per heavy atom. The molecule has 10 nitrogen and oxygen atoms in total. The number of fused-ring (bicyclic) bond motifs is 2. The number of hydrogen-bond donors (Lipinski definition) is 2. The van der Waals surface area contributed by atoms with Gasteiger partial charge in [0.05, 0.1) is 23.5 Å². The van der Waals surface area contributed by atoms with E-state index >= 15 is 0 Å². The summed E-state index contributed by atoms with van der Waals surface area (Å²) in [6.45, 7) is 9.20. The minimum Gasteiger partial charge on any atom is -0.367 e. The van der Waals surface area contributed by atoms with E-state index in [2.05, 4.69) is 30.7 Å². The van der Waals surface area contributed by atoms with Gasteiger partial charge >= 0.3 is 0 Å². The summed E-state index contributed by atoms with van der Waals surface area (Å²) in [5, 5.41) is 12.5. The van der Waals surface area contributed by atoms with Gasteiger partial charge in [0.1, 0.15) is 17.0 Å². The van der Waals surface area contributed by atoms with Crippen molar-refractivity contribution in [1.29, 1.82) is 0 Å². The number of aromatic nitrogens is 6. The van der Waals surface area contributed by atoms with E-state index in [9.17, 15) is 9.59 Å². The van der Waals surface area contributed by atoms with Crippen LogP contribution in [0.1, 0.15) is 36.8 Å². The number of aryl methyl sites for hydroxylation is 2. The van der Waals surface area contributed by atoms with Gasteiger partial charge in [0.2, 0.25) is 5.43 Å². The van der Waals surface area contributed by atoms with Crippen molar-refractivity contribution in [3.63, 3.8) is 0 Å². The van der Waals surface area contributed by atoms with Crippen molar-refractivity contribution in [1.82, 2.24) is 34.6 Å². The van der Waals surface area contributed by atoms with Crippen LogP contribution in [0.4, 0.5) is 5.82 Å². The van der Waals surface area contributed by atoms with E-state index < -0.39 is 5.91 Å². The van der Waals surface area contributed by atoms with Crippen molar-refractivity contribution < 1.29 is 4.79 Å². The lowest BCUT2D eigenvalue weighted by Gasteiger charge is -2.12. The van der Waals surface area contributed by atoms with Crippen LogP contribution < -0.4 is 16.1 Å². The molecule has 1 amide bonds. The third-order valence-corrected chi connectivity index (χ3v) is 5.89. The summed E-state index contributed by atoms with van der Waals surface area (Å²) < 4.78 is 3.56. The number of carbonyl (C=O) groups is 1. The Kier molecular flexibility index (Phi) is 6.82. The number of rotatable bonds is 8. The minimum absolute atomic E-state index is 0.0979. The van der Waals surface area contributed by atoms with E-state index in [1.54, 1.807) is 29.2 Å². The standard InChI is InChI=1S/C23H28N8O2S/c1-6-30-12-17(18(32)15-8-7-14(4)27-20(15)30)22(33)24-9-10-31-21-16(11-25-31)19(26-13(2)3)28-23(29-21)34-5/h7-8,11-13H,6,9-10H2,1-5H3,(H,24,33)(H,26,28,29). The van der Waals surface area contributed by atoms with Crippen LogP contribution in [0.5, 0.6) is 0 Å². The summed E-state index contributed by atoms with van der Waals surface area (Å²) in [6.07, 6.45) is 5.23. The SMILES string of the molecule is CCn1cc(C(=O)NCCn2ncc3c(NC(C)C)nc(SC)nc32)c(=O)c2ccc(C)nc21. The van der Waals surface area contributed by atoms with Gasteiger partial charge in [-0.2, -0.15) is 5.10 Å². The van der Waals surface area contributed by atoms with Crippen molar-refractivity contribution in [2.75, 3.05) is 18.1 Å². The number of anilines is 1. The first kappa shape index (κ1) is 23.7. The van der Waals surface area contributed by atoms with Crippen LogP contribution in [-0.2, 0) is 13.1 Å². The van der Waals surface area contributed by atoms with Gasteiger partial charge in [-0.05, 0) is 46.1 Å². The quantitative estimate of drug-likeness (QED) is 0.292. The van der Waals surface area contributed by atoms with Gasteiger partial charge in [-0.1, -0.05) is 11.8 Å². The second-order valence-corrected chi connectivity index (χ2v) is 8.97. The second-order valence-electron chi connectivity index (χ2n) is 8.20. The molecule has 0 radical (unpaired) electrons. The number of amides is 1. The predicted octanol–water partition coefficient (Wildman–Crippen LogP) is 2.84. The number of pyridine rings is 2. The molecule has 4 aromatic heterocycles. The van der Waals surface area contributed by atoms with E-state index in [1.165, 1.54) is 11.8 Å². The first-order valence-corrected chi connectivity index (χ1v) is 12.4. The van der Waals surface area contributed by atoms with E-state index in [0.717, 1.165) is 16.9 Å². The number of nitrogens with one attached hydrogen (secondary N) is 2. The zero-order chi connectivity index (χ0) is 24.4. The van der Waals surface area contributed by atoms with E-state index in [0.29, 0.717) is 34.9 Å². The molecule has 4 aromatic rings. The van der Waals surface area contributed by atoms with Crippen LogP contribution in [-0.4, -0.2) is 54.0 Å². The van der Waals surface area contributed by atoms with Gasteiger partial charge in [0, 0.05) is 31.0 Å². The molecule has 2 N–H and O–H groups in total. The molecule has 0 aliphatic rings. The smallest absolute Gasteiger partial charge is 0.256 e. The molecular weight excluding hydrogens is 452 g/mol. The summed E-state index contributed by atoms with van der Waals surface area (Å²) in [7, 11) is 0. The maximum Gasteiger partial charge on any atom is 0.256 e. The van der Waals surface area contributed by atoms with Crippen molar-refractivity contribution in [2.24, 2.45) is 0 Å². The van der Waals surface area contributed by atoms with Gasteiger partial charge in [-0.15, -0.1) is 0 Å². The predicted molar refractivity (Wildman–Crippen MR) is 135 cm³/mol. The lowest BCUT2D eigenvalue weighted by Crippen LogP contribution is -2.32. The van der Waals surface area contributed by atoms with Crippen molar-refractivity contribution in [2.45, 2.75) is 52.0 Å². The molecule has 0 aromatic carbocycles. The van der Waals surface area contributed by atoms with Gasteiger partial charge in [0.15, 0.2) is 10.8 Å². The van der Waals surface area contributed by atoms with Gasteiger partial charge < -0.3 is 15.2 Å². The molecule has 0 aliphatic heterocycles. The number of nitrogens with zero attached hydrogens (tertiary/aromatic N) is 6. The Hall–Kier alpha value is -3.47. The van der Waals surface area contributed by atoms with Crippen molar-refractivity contribution in [3.8, 4) is 0 Å². The molecule has 4 rings (SSSR count). The van der Waals surface area contributed by atoms with E-state index in [4.69, 9.17) is 0 Å². The number of carbonyl (C=O) groups excluding carboxylic acids is 1. The molecule has 0 saturated heterocycles. The lowest BCUT2D eigenvalue weighted by molar-refractivity contribution is 0.0950. The van der Waals surface area contributed by atoms with Crippen molar-refractivity contribution >= 4 is 45.6 Å². The lowest BCUT2D eigenvalue weighted by atomic mass is 10.1. The van der Waals surface area contributed by atoms with Crippen molar-refractivity contribution in [3.05, 3.63) is 46.0 Å². The Balaban J connectivity index is 1.56. The van der Waals surface area contributed by atoms with Crippen LogP contribution in [0.2, 0.25) is 0 Å². The molecule has 34 heavy (non-hydrogen) atoms. The van der Waals surface area contributed by atoms with Crippen LogP contribution in [0.15, 0.2) is 34.5 Å². The summed E-state index contributed by atoms with van der Waals surface area (Å²) in [5.41, 5.74) is 1.87. The zero-order valence-electron chi connectivity index (χ0n) is 19.9. The molecule has 0 fully saturated rings. The zero-order valence-corrected chi connectivity index (χ0v) is 20.7. The molecule has 4 heterocycles. The summed E-state index contributed by atoms with van der Waals surface area (Å²) in [5.74, 6) is 0.312. The Labute approximate surface area is 201 Å². The molecule has 178 valence electrons. The van der Waals surface area contributed by atoms with Crippen LogP contribution in [0.25, 0.3) is 22.1 Å². The highest BCUT2D eigenvalue weighted by Crippen LogP contribution is 2.23. The highest BCUT2D eigenvalue weighted by molar-refractivity contribution is 7.98. The molecular formula is C23H28N8O2S. The molecule has 0 saturated carbocycles. The Bertz CT molecular complexity index is 1430. The first-order chi connectivity index (χ1) is 16.3. The van der Waals surface area contributed by atoms with E-state index in [-0.39, 0.29) is 23.6 Å².